The van der Waals surface area contributed by atoms with Crippen LogP contribution in [0.1, 0.15) is 73.9 Å². The molecule has 2 radical (unpaired) electrons. The van der Waals surface area contributed by atoms with Gasteiger partial charge >= 0.3 is 65.6 Å². The number of rotatable bonds is 23. The maximum absolute atomic E-state index is 12.5. The predicted molar refractivity (Wildman–Crippen MR) is 516 cm³/mol. The van der Waals surface area contributed by atoms with Crippen molar-refractivity contribution < 1.29 is 131 Å². The number of hydrogen-bond donors (Lipinski definition) is 6. The molecule has 17 atom stereocenters. The Bertz CT molecular complexity index is 4990. The number of hydrazone groups is 1. The smallest absolute Gasteiger partial charge is 0.870 e. The molecule has 6 aromatic rings. The van der Waals surface area contributed by atoms with E-state index in [1.54, 1.807) is 41.1 Å². The number of imide groups is 3. The number of nitrogens with zero attached hydrogens (tertiary/aromatic N) is 9. The normalized spacial score (nSPS) is 25.2. The molecule has 33 nitrogen and oxygen atoms in total. The summed E-state index contributed by atoms with van der Waals surface area (Å²) in [6.45, 7) is 23.7. The second-order valence-electron chi connectivity index (χ2n) is 34.0. The number of benzene rings is 6. The third-order valence-electron chi connectivity index (χ3n) is 25.5. The Kier molecular flexibility index (Phi) is 48.1. The number of halogens is 1. The molecule has 8 amide bonds. The summed E-state index contributed by atoms with van der Waals surface area (Å²) < 4.78 is 24.1. The summed E-state index contributed by atoms with van der Waals surface area (Å²) in [6, 6.07) is 58.6. The molecule has 6 N–H and O–H groups in total. The zero-order chi connectivity index (χ0) is 98.5. The molecule has 0 aromatic heterocycles. The van der Waals surface area contributed by atoms with Gasteiger partial charge in [0.15, 0.2) is 5.71 Å². The molecular formula is C101H128BClN13NaO20S. The van der Waals surface area contributed by atoms with Crippen LogP contribution in [0, 0.1) is 94.7 Å². The van der Waals surface area contributed by atoms with Gasteiger partial charge in [0, 0.05) is 117 Å². The number of amides is 8. The van der Waals surface area contributed by atoms with Gasteiger partial charge in [0.1, 0.15) is 12.0 Å². The van der Waals surface area contributed by atoms with Gasteiger partial charge in [-0.2, -0.15) is 22.5 Å². The van der Waals surface area contributed by atoms with Crippen molar-refractivity contribution in [1.82, 2.24) is 50.8 Å². The van der Waals surface area contributed by atoms with E-state index in [1.165, 1.54) is 64.7 Å². The summed E-state index contributed by atoms with van der Waals surface area (Å²) in [5.41, 5.74) is 17.0. The molecule has 9 aliphatic heterocycles. The molecule has 0 bridgehead atoms. The molecule has 14 aliphatic rings. The summed E-state index contributed by atoms with van der Waals surface area (Å²) in [5.74, 6) is -0.796. The van der Waals surface area contributed by atoms with Gasteiger partial charge in [0.2, 0.25) is 29.5 Å². The van der Waals surface area contributed by atoms with Gasteiger partial charge in [-0.25, -0.2) is 9.59 Å². The number of hydrogen-bond acceptors (Lipinski definition) is 26. The minimum Gasteiger partial charge on any atom is -0.870 e. The minimum atomic E-state index is -0.893. The Balaban J connectivity index is 0.000000213. The standard InChI is InChI=1S/C15H15N3O4.C15H15NO4.C15H19NO2.C14H18N2O.C13H15NO2.C11H9NO2.C7H12N2O.C4H6N2O2.C4H8O.CH3B.CH3Cl.CH4S.Na.H2O/c1-2-22-15(21)12-10-11(16-17-12)14(20)18(13(10)19)8-9-6-4-3-5-7-9;1-2-20-15(19)12-10-11(12)14(18)16(13(10)17)8-9-6-4-3-5-7-9;1-2-18-15(17)14-12-9-16(10-13(12)14)8-11-6-4-3-5-7-11;1-15-14(17)13-11-8-16(9-12(11)13)7-10-5-3-2-4-6-10;15-13(16)12-10-7-14(8-11(10)12)6-9-4-2-1-3-5-9;13-10-6-7-11(14)12(10)8-9-4-2-1-3-5-9;1-8-7(10)6-4-2-9-3-5(4)6;1-2-8-4(7)3-6-5;1-2-4-5-3-1;3*1-2;;/h3-7,10-11,16H,2,8H2,1H3;3-7,10-12H,2,8H2,1H3;3-7,12-14H,2,8-10H2,1H3;2-6,11-13H,7-9H2,1H3,(H,15,17);1-5,10-12H,6-8H2,(H,15,16);1-7H,8H2;4-6,9H,2-3H2,1H3,(H,8,10);3H,2H2,1H3;1-4H2;2*1H3;2H,1H3;;1H2/q;;;;;;;;;;;;+1;/p-1/t;10-,11+,12?;12-,13+,14?;11-,12+,13?;10-,11+,12?;;4-,5+,6?;;;;;;;. The molecule has 7 saturated heterocycles. The average Bonchev–Trinajstić information content (AvgIpc) is 1.53. The summed E-state index contributed by atoms with van der Waals surface area (Å²) in [4.78, 5) is 164. The second kappa shape index (κ2) is 58.2. The van der Waals surface area contributed by atoms with E-state index in [2.05, 4.69) is 143 Å². The van der Waals surface area contributed by atoms with E-state index in [0.717, 1.165) is 107 Å². The Morgan fingerprint density at radius 2 is 0.790 bits per heavy atom. The summed E-state index contributed by atoms with van der Waals surface area (Å²) in [7, 11) is 7.95. The fraction of sp³-hybridized carbons (Fsp3) is 0.475. The molecule has 37 heteroatoms. The quantitative estimate of drug-likeness (QED) is 0.00570. The SMILES string of the molecule is C1CCOC1.CCOC(=O)C1=NNC2C(=O)N(Cc3ccccc3)C(=O)C12.CCOC(=O)C1[C@H]2C(=O)N(Cc3ccccc3)C(=O)[C@@H]12.CCOC(=O)C1[C@H]2CN(Cc3ccccc3)C[C@@H]12.CCOC(=O)C=[N+]=[N-].CCl.CNC(=O)C1[C@H]2CN(Cc3ccccc3)C[C@@H]12.CNC(=O)C1[C@H]2CNC[C@@H]12.CS.O=C(O)C1[C@H]2CN(Cc3ccccc3)C[C@@H]12.O=C1C=CC(=O)N1Cc1ccccc1.[B]C.[Na+].[OH-]. The molecule has 20 rings (SSSR count). The fourth-order valence-corrected chi connectivity index (χ4v) is 18.8. The number of carboxylic acids is 1. The topological polar surface area (TPSA) is 435 Å². The first-order valence-corrected chi connectivity index (χ1v) is 47.9. The molecule has 5 aliphatic carbocycles. The number of esters is 4. The van der Waals surface area contributed by atoms with Gasteiger partial charge in [-0.05, 0) is 141 Å². The van der Waals surface area contributed by atoms with Crippen LogP contribution in [-0.2, 0) is 125 Å². The van der Waals surface area contributed by atoms with Crippen LogP contribution in [0.25, 0.3) is 5.53 Å². The van der Waals surface area contributed by atoms with Crippen LogP contribution in [-0.4, -0.2) is 266 Å². The van der Waals surface area contributed by atoms with Gasteiger partial charge in [-0.1, -0.05) is 189 Å². The molecule has 9 heterocycles. The van der Waals surface area contributed by atoms with Crippen LogP contribution < -0.4 is 50.9 Å². The Labute approximate surface area is 841 Å². The third kappa shape index (κ3) is 31.5. The van der Waals surface area contributed by atoms with Gasteiger partial charge in [-0.3, -0.25) is 87.6 Å². The fourth-order valence-electron chi connectivity index (χ4n) is 18.8. The second-order valence-corrected chi connectivity index (χ2v) is 34.0. The van der Waals surface area contributed by atoms with E-state index in [-0.39, 0.29) is 126 Å². The number of piperidine rings is 5. The number of likely N-dealkylation sites (tertiary alicyclic amines) is 5. The number of carbonyl (C=O) groups excluding carboxylic acids is 12. The summed E-state index contributed by atoms with van der Waals surface area (Å²) in [5, 5.41) is 21.4. The van der Waals surface area contributed by atoms with Crippen molar-refractivity contribution in [3.8, 4) is 0 Å². The average molecular weight is 1950 g/mol. The number of nitrogens with one attached hydrogen (secondary N) is 4. The molecular weight excluding hydrogens is 1820 g/mol. The first kappa shape index (κ1) is 114. The van der Waals surface area contributed by atoms with E-state index in [1.807, 2.05) is 128 Å². The van der Waals surface area contributed by atoms with Crippen LogP contribution in [0.15, 0.2) is 199 Å². The molecule has 138 heavy (non-hydrogen) atoms. The minimum absolute atomic E-state index is 0. The van der Waals surface area contributed by atoms with E-state index in [4.69, 9.17) is 29.6 Å². The zero-order valence-corrected chi connectivity index (χ0v) is 83.7. The van der Waals surface area contributed by atoms with Crippen molar-refractivity contribution in [2.75, 3.05) is 119 Å². The number of carbonyl (C=O) groups is 13. The number of alkyl halides is 1. The Morgan fingerprint density at radius 3 is 1.12 bits per heavy atom. The predicted octanol–water partition coefficient (Wildman–Crippen LogP) is 4.92. The van der Waals surface area contributed by atoms with Crippen LogP contribution in [0.5, 0.6) is 0 Å². The van der Waals surface area contributed by atoms with Crippen molar-refractivity contribution >= 4 is 121 Å². The first-order valence-electron chi connectivity index (χ1n) is 46.2. The molecule has 7 unspecified atom stereocenters. The molecule has 6 aromatic carbocycles. The number of fused-ring (bicyclic) bond motifs is 6. The number of carboxylic acid groups (broad SMARTS) is 1. The van der Waals surface area contributed by atoms with Crippen LogP contribution in [0.4, 0.5) is 0 Å². The van der Waals surface area contributed by atoms with E-state index in [0.29, 0.717) is 85.2 Å². The van der Waals surface area contributed by atoms with Gasteiger partial charge < -0.3 is 55.7 Å². The van der Waals surface area contributed by atoms with E-state index in [9.17, 15) is 62.3 Å². The van der Waals surface area contributed by atoms with E-state index >= 15 is 0 Å². The Morgan fingerprint density at radius 1 is 0.471 bits per heavy atom. The number of thiol groups is 1. The van der Waals surface area contributed by atoms with Crippen molar-refractivity contribution in [2.45, 2.75) is 92.7 Å². The number of ether oxygens (including phenoxy) is 5. The van der Waals surface area contributed by atoms with Gasteiger partial charge in [0.05, 0.1) is 83.5 Å². The van der Waals surface area contributed by atoms with E-state index < -0.39 is 59.5 Å². The monoisotopic (exact) mass is 1940 g/mol. The van der Waals surface area contributed by atoms with Crippen molar-refractivity contribution in [3.05, 3.63) is 233 Å². The maximum atomic E-state index is 12.5. The first-order chi connectivity index (χ1) is 66.0. The summed E-state index contributed by atoms with van der Waals surface area (Å²) in [6.07, 6.45) is 9.01. The largest absolute Gasteiger partial charge is 1.00 e. The molecule has 5 saturated carbocycles. The van der Waals surface area contributed by atoms with Crippen LogP contribution in [0.3, 0.4) is 0 Å². The number of aliphatic carboxylic acids is 1. The Hall–Kier alpha value is -10.9. The molecule has 12 fully saturated rings. The van der Waals surface area contributed by atoms with Crippen molar-refractivity contribution in [1.29, 1.82) is 0 Å². The van der Waals surface area contributed by atoms with Gasteiger partial charge in [-0.15, -0.1) is 11.6 Å². The molecule has 0 spiro atoms. The summed E-state index contributed by atoms with van der Waals surface area (Å²) >= 11 is 8.17. The molecule has 734 valence electrons. The van der Waals surface area contributed by atoms with Crippen LogP contribution in [0.2, 0.25) is 6.82 Å². The maximum Gasteiger partial charge on any atom is 1.00 e. The van der Waals surface area contributed by atoms with Crippen molar-refractivity contribution in [3.63, 3.8) is 0 Å². The van der Waals surface area contributed by atoms with Crippen LogP contribution >= 0.6 is 24.2 Å². The third-order valence-corrected chi connectivity index (χ3v) is 25.5. The zero-order valence-electron chi connectivity index (χ0n) is 80.1. The van der Waals surface area contributed by atoms with Crippen molar-refractivity contribution in [2.24, 2.45) is 99.8 Å². The van der Waals surface area contributed by atoms with Gasteiger partial charge in [0.25, 0.3) is 17.7 Å².